The zero-order valence-electron chi connectivity index (χ0n) is 15.4. The molecule has 0 saturated heterocycles. The van der Waals surface area contributed by atoms with Crippen LogP contribution in [0.1, 0.15) is 12.5 Å². The normalized spacial score (nSPS) is 13.8. The van der Waals surface area contributed by atoms with Crippen molar-refractivity contribution < 1.29 is 23.9 Å². The van der Waals surface area contributed by atoms with E-state index in [1.54, 1.807) is 42.5 Å². The summed E-state index contributed by atoms with van der Waals surface area (Å²) in [7, 11) is 2.94. The molecule has 3 rings (SSSR count). The van der Waals surface area contributed by atoms with Crippen LogP contribution in [-0.4, -0.2) is 31.9 Å². The quantitative estimate of drug-likeness (QED) is 0.779. The van der Waals surface area contributed by atoms with E-state index in [0.717, 1.165) is 4.90 Å². The zero-order valence-corrected chi connectivity index (χ0v) is 16.2. The molecule has 0 saturated carbocycles. The topological polar surface area (TPSA) is 84.9 Å². The summed E-state index contributed by atoms with van der Waals surface area (Å²) in [5.74, 6) is -0.547. The van der Waals surface area contributed by atoms with Gasteiger partial charge in [0, 0.05) is 30.8 Å². The Kier molecular flexibility index (Phi) is 5.37. The number of carbonyl (C=O) groups is 3. The first kappa shape index (κ1) is 19.4. The number of carbonyl (C=O) groups excluding carboxylic acids is 3. The smallest absolute Gasteiger partial charge is 0.277 e. The number of nitrogens with one attached hydrogen (secondary N) is 1. The molecule has 8 heteroatoms. The van der Waals surface area contributed by atoms with Crippen LogP contribution in [0, 0.1) is 0 Å². The summed E-state index contributed by atoms with van der Waals surface area (Å²) < 4.78 is 10.4. The Morgan fingerprint density at radius 3 is 2.04 bits per heavy atom. The first-order valence-electron chi connectivity index (χ1n) is 8.25. The van der Waals surface area contributed by atoms with Crippen LogP contribution in [0.25, 0.3) is 5.57 Å². The molecule has 0 aromatic heterocycles. The summed E-state index contributed by atoms with van der Waals surface area (Å²) in [5, 5.41) is 2.45. The van der Waals surface area contributed by atoms with E-state index in [0.29, 0.717) is 22.7 Å². The van der Waals surface area contributed by atoms with Crippen LogP contribution >= 0.6 is 11.6 Å². The number of methoxy groups -OCH3 is 2. The van der Waals surface area contributed by atoms with E-state index in [-0.39, 0.29) is 22.2 Å². The first-order chi connectivity index (χ1) is 13.3. The third kappa shape index (κ3) is 3.57. The molecule has 1 aliphatic rings. The number of imide groups is 1. The first-order valence-corrected chi connectivity index (χ1v) is 8.63. The minimum absolute atomic E-state index is 0.0860. The summed E-state index contributed by atoms with van der Waals surface area (Å²) in [6.07, 6.45) is 0. The molecule has 7 nitrogen and oxygen atoms in total. The molecule has 0 unspecified atom stereocenters. The summed E-state index contributed by atoms with van der Waals surface area (Å²) >= 11 is 6.21. The van der Waals surface area contributed by atoms with Gasteiger partial charge in [-0.15, -0.1) is 0 Å². The van der Waals surface area contributed by atoms with E-state index in [2.05, 4.69) is 5.32 Å². The van der Waals surface area contributed by atoms with Crippen molar-refractivity contribution in [3.63, 3.8) is 0 Å². The van der Waals surface area contributed by atoms with E-state index >= 15 is 0 Å². The molecule has 0 spiro atoms. The van der Waals surface area contributed by atoms with Gasteiger partial charge < -0.3 is 14.8 Å². The van der Waals surface area contributed by atoms with Gasteiger partial charge in [-0.2, -0.15) is 0 Å². The number of halogens is 1. The highest BCUT2D eigenvalue weighted by atomic mass is 35.5. The second-order valence-electron chi connectivity index (χ2n) is 5.96. The highest BCUT2D eigenvalue weighted by molar-refractivity contribution is 6.60. The number of rotatable bonds is 5. The maximum Gasteiger partial charge on any atom is 0.277 e. The van der Waals surface area contributed by atoms with Crippen LogP contribution in [0.2, 0.25) is 0 Å². The number of anilines is 2. The van der Waals surface area contributed by atoms with Gasteiger partial charge in [-0.05, 0) is 17.7 Å². The average Bonchev–Trinajstić information content (AvgIpc) is 2.90. The van der Waals surface area contributed by atoms with Crippen LogP contribution in [0.5, 0.6) is 11.5 Å². The molecule has 2 aromatic rings. The fourth-order valence-electron chi connectivity index (χ4n) is 2.83. The highest BCUT2D eigenvalue weighted by Gasteiger charge is 2.39. The van der Waals surface area contributed by atoms with Crippen LogP contribution in [0.15, 0.2) is 47.5 Å². The van der Waals surface area contributed by atoms with Gasteiger partial charge >= 0.3 is 0 Å². The SMILES string of the molecule is COc1cc(OC)cc(N2C(=O)C(Cl)=C(c3ccc(NC(C)=O)cc3)C2=O)c1. The van der Waals surface area contributed by atoms with Crippen molar-refractivity contribution in [1.82, 2.24) is 0 Å². The monoisotopic (exact) mass is 400 g/mol. The van der Waals surface area contributed by atoms with Crippen LogP contribution < -0.4 is 19.7 Å². The third-order valence-corrected chi connectivity index (χ3v) is 4.47. The van der Waals surface area contributed by atoms with Gasteiger partial charge in [-0.25, -0.2) is 4.90 Å². The lowest BCUT2D eigenvalue weighted by molar-refractivity contribution is -0.120. The van der Waals surface area contributed by atoms with Gasteiger partial charge in [0.1, 0.15) is 16.5 Å². The molecule has 28 heavy (non-hydrogen) atoms. The van der Waals surface area contributed by atoms with Crippen molar-refractivity contribution in [3.8, 4) is 11.5 Å². The Balaban J connectivity index is 1.98. The maximum absolute atomic E-state index is 13.0. The molecule has 144 valence electrons. The van der Waals surface area contributed by atoms with E-state index in [4.69, 9.17) is 21.1 Å². The number of hydrogen-bond donors (Lipinski definition) is 1. The van der Waals surface area contributed by atoms with Gasteiger partial charge in [-0.3, -0.25) is 14.4 Å². The van der Waals surface area contributed by atoms with Gasteiger partial charge in [-0.1, -0.05) is 23.7 Å². The van der Waals surface area contributed by atoms with Gasteiger partial charge in [0.05, 0.1) is 25.5 Å². The zero-order chi connectivity index (χ0) is 20.4. The lowest BCUT2D eigenvalue weighted by Gasteiger charge is -2.17. The molecular formula is C20H17ClN2O5. The molecule has 2 aromatic carbocycles. The van der Waals surface area contributed by atoms with Crippen LogP contribution in [0.4, 0.5) is 11.4 Å². The third-order valence-electron chi connectivity index (χ3n) is 4.12. The Bertz CT molecular complexity index is 976. The Morgan fingerprint density at radius 2 is 1.54 bits per heavy atom. The number of hydrogen-bond acceptors (Lipinski definition) is 5. The second kappa shape index (κ2) is 7.74. The largest absolute Gasteiger partial charge is 0.497 e. The average molecular weight is 401 g/mol. The minimum atomic E-state index is -0.636. The van der Waals surface area contributed by atoms with Crippen molar-refractivity contribution in [2.24, 2.45) is 0 Å². The van der Waals surface area contributed by atoms with Crippen LogP contribution in [-0.2, 0) is 14.4 Å². The molecular weight excluding hydrogens is 384 g/mol. The lowest BCUT2D eigenvalue weighted by Crippen LogP contribution is -2.31. The van der Waals surface area contributed by atoms with Crippen molar-refractivity contribution in [3.05, 3.63) is 53.1 Å². The molecule has 0 aliphatic carbocycles. The number of amides is 3. The van der Waals surface area contributed by atoms with Crippen LogP contribution in [0.3, 0.4) is 0 Å². The van der Waals surface area contributed by atoms with Crippen molar-refractivity contribution >= 4 is 46.3 Å². The van der Waals surface area contributed by atoms with Crippen molar-refractivity contribution in [2.75, 3.05) is 24.4 Å². The predicted octanol–water partition coefficient (Wildman–Crippen LogP) is 3.19. The number of benzene rings is 2. The molecule has 3 amide bonds. The maximum atomic E-state index is 13.0. The van der Waals surface area contributed by atoms with Gasteiger partial charge in [0.2, 0.25) is 5.91 Å². The molecule has 1 N–H and O–H groups in total. The van der Waals surface area contributed by atoms with Gasteiger partial charge in [0.15, 0.2) is 0 Å². The standard InChI is InChI=1S/C20H17ClN2O5/c1-11(24)22-13-6-4-12(5-7-13)17-18(21)20(26)23(19(17)25)14-8-15(27-2)10-16(9-14)28-3/h4-10H,1-3H3,(H,22,24). The number of ether oxygens (including phenoxy) is 2. The predicted molar refractivity (Wildman–Crippen MR) is 106 cm³/mol. The molecule has 0 fully saturated rings. The summed E-state index contributed by atoms with van der Waals surface area (Å²) in [4.78, 5) is 37.8. The second-order valence-corrected chi connectivity index (χ2v) is 6.34. The summed E-state index contributed by atoms with van der Waals surface area (Å²) in [5.41, 5.74) is 1.41. The Morgan fingerprint density at radius 1 is 0.964 bits per heavy atom. The molecule has 0 radical (unpaired) electrons. The molecule has 1 aliphatic heterocycles. The molecule has 0 bridgehead atoms. The Labute approximate surface area is 166 Å². The highest BCUT2D eigenvalue weighted by Crippen LogP contribution is 2.37. The summed E-state index contributed by atoms with van der Waals surface area (Å²) in [6, 6.07) is 11.2. The summed E-state index contributed by atoms with van der Waals surface area (Å²) in [6.45, 7) is 1.40. The van der Waals surface area contributed by atoms with E-state index < -0.39 is 11.8 Å². The fraction of sp³-hybridized carbons (Fsp3) is 0.150. The fourth-order valence-corrected chi connectivity index (χ4v) is 3.11. The van der Waals surface area contributed by atoms with E-state index in [9.17, 15) is 14.4 Å². The lowest BCUT2D eigenvalue weighted by atomic mass is 10.1. The molecule has 1 heterocycles. The minimum Gasteiger partial charge on any atom is -0.497 e. The number of nitrogens with zero attached hydrogens (tertiary/aromatic N) is 1. The van der Waals surface area contributed by atoms with E-state index in [1.807, 2.05) is 0 Å². The van der Waals surface area contributed by atoms with Crippen molar-refractivity contribution in [2.45, 2.75) is 6.92 Å². The van der Waals surface area contributed by atoms with Crippen molar-refractivity contribution in [1.29, 1.82) is 0 Å². The Hall–Kier alpha value is -3.32. The van der Waals surface area contributed by atoms with Gasteiger partial charge in [0.25, 0.3) is 11.8 Å². The van der Waals surface area contributed by atoms with E-state index in [1.165, 1.54) is 21.1 Å². The molecule has 0 atom stereocenters.